The maximum atomic E-state index is 12.6. The molecule has 0 saturated heterocycles. The standard InChI is InChI=1S/C24H28N2O4/c1-15-5-9-17(10-6-15)25-21-13-20(24(28)30-4)22(14-19(21)23(27)29-3)26-18-11-7-16(2)8-12-18/h5-13,19,21-22,25-26H,14H2,1-4H3. The van der Waals surface area contributed by atoms with Gasteiger partial charge in [-0.1, -0.05) is 35.4 Å². The Kier molecular flexibility index (Phi) is 6.77. The summed E-state index contributed by atoms with van der Waals surface area (Å²) in [5.74, 6) is -1.21. The Labute approximate surface area is 177 Å². The molecule has 3 rings (SSSR count). The van der Waals surface area contributed by atoms with E-state index in [1.165, 1.54) is 14.2 Å². The van der Waals surface area contributed by atoms with Gasteiger partial charge in [0, 0.05) is 11.4 Å². The second-order valence-electron chi connectivity index (χ2n) is 7.58. The summed E-state index contributed by atoms with van der Waals surface area (Å²) in [7, 11) is 2.74. The molecule has 0 saturated carbocycles. The number of esters is 2. The van der Waals surface area contributed by atoms with Gasteiger partial charge in [-0.3, -0.25) is 4.79 Å². The molecule has 0 radical (unpaired) electrons. The van der Waals surface area contributed by atoms with E-state index in [-0.39, 0.29) is 12.0 Å². The van der Waals surface area contributed by atoms with Gasteiger partial charge in [0.2, 0.25) is 0 Å². The molecular weight excluding hydrogens is 380 g/mol. The van der Waals surface area contributed by atoms with Gasteiger partial charge in [0.1, 0.15) is 0 Å². The minimum absolute atomic E-state index is 0.324. The van der Waals surface area contributed by atoms with E-state index in [1.807, 2.05) is 62.4 Å². The lowest BCUT2D eigenvalue weighted by molar-refractivity contribution is -0.146. The van der Waals surface area contributed by atoms with Gasteiger partial charge in [0.25, 0.3) is 0 Å². The fraction of sp³-hybridized carbons (Fsp3) is 0.333. The maximum Gasteiger partial charge on any atom is 0.335 e. The van der Waals surface area contributed by atoms with Crippen molar-refractivity contribution in [3.05, 3.63) is 71.3 Å². The molecule has 0 amide bonds. The minimum atomic E-state index is -0.465. The molecule has 6 nitrogen and oxygen atoms in total. The quantitative estimate of drug-likeness (QED) is 0.707. The monoisotopic (exact) mass is 408 g/mol. The lowest BCUT2D eigenvalue weighted by Gasteiger charge is -2.35. The number of ether oxygens (including phenoxy) is 2. The third-order valence-electron chi connectivity index (χ3n) is 5.36. The number of aryl methyl sites for hydroxylation is 2. The van der Waals surface area contributed by atoms with Crippen LogP contribution in [0.5, 0.6) is 0 Å². The van der Waals surface area contributed by atoms with E-state index in [2.05, 4.69) is 10.6 Å². The molecule has 2 aromatic rings. The molecule has 158 valence electrons. The van der Waals surface area contributed by atoms with Crippen LogP contribution in [0.2, 0.25) is 0 Å². The fourth-order valence-corrected chi connectivity index (χ4v) is 3.65. The predicted octanol–water partition coefficient (Wildman–Crippen LogP) is 3.86. The highest BCUT2D eigenvalue weighted by molar-refractivity contribution is 5.92. The van der Waals surface area contributed by atoms with Crippen molar-refractivity contribution in [2.75, 3.05) is 24.9 Å². The predicted molar refractivity (Wildman–Crippen MR) is 117 cm³/mol. The van der Waals surface area contributed by atoms with Gasteiger partial charge in [0.15, 0.2) is 0 Å². The molecular formula is C24H28N2O4. The summed E-state index contributed by atoms with van der Waals surface area (Å²) < 4.78 is 10.1. The van der Waals surface area contributed by atoms with Gasteiger partial charge in [-0.2, -0.15) is 0 Å². The van der Waals surface area contributed by atoms with Crippen LogP contribution < -0.4 is 10.6 Å². The molecule has 2 N–H and O–H groups in total. The number of benzene rings is 2. The van der Waals surface area contributed by atoms with Crippen molar-refractivity contribution in [2.24, 2.45) is 5.92 Å². The van der Waals surface area contributed by atoms with Crippen molar-refractivity contribution in [3.8, 4) is 0 Å². The average molecular weight is 408 g/mol. The molecule has 0 aliphatic heterocycles. The van der Waals surface area contributed by atoms with Crippen LogP contribution in [0, 0.1) is 19.8 Å². The Morgan fingerprint density at radius 3 is 1.87 bits per heavy atom. The SMILES string of the molecule is COC(=O)C1=CC(Nc2ccc(C)cc2)C(C(=O)OC)CC1Nc1ccc(C)cc1. The zero-order chi connectivity index (χ0) is 21.7. The second-order valence-corrected chi connectivity index (χ2v) is 7.58. The number of methoxy groups -OCH3 is 2. The Hall–Kier alpha value is -3.28. The van der Waals surface area contributed by atoms with E-state index in [1.54, 1.807) is 6.08 Å². The number of carbonyl (C=O) groups excluding carboxylic acids is 2. The molecule has 0 heterocycles. The van der Waals surface area contributed by atoms with Crippen LogP contribution in [0.4, 0.5) is 11.4 Å². The lowest BCUT2D eigenvalue weighted by Crippen LogP contribution is -2.44. The molecule has 1 aliphatic rings. The third-order valence-corrected chi connectivity index (χ3v) is 5.36. The number of hydrogen-bond donors (Lipinski definition) is 2. The largest absolute Gasteiger partial charge is 0.469 e. The van der Waals surface area contributed by atoms with Crippen LogP contribution in [0.3, 0.4) is 0 Å². The number of hydrogen-bond acceptors (Lipinski definition) is 6. The van der Waals surface area contributed by atoms with Crippen molar-refractivity contribution < 1.29 is 19.1 Å². The normalized spacial score (nSPS) is 20.7. The van der Waals surface area contributed by atoms with E-state index in [0.29, 0.717) is 12.0 Å². The van der Waals surface area contributed by atoms with Gasteiger partial charge >= 0.3 is 11.9 Å². The number of carbonyl (C=O) groups is 2. The Morgan fingerprint density at radius 2 is 1.37 bits per heavy atom. The van der Waals surface area contributed by atoms with Crippen LogP contribution >= 0.6 is 0 Å². The zero-order valence-corrected chi connectivity index (χ0v) is 17.8. The van der Waals surface area contributed by atoms with E-state index in [0.717, 1.165) is 22.5 Å². The fourth-order valence-electron chi connectivity index (χ4n) is 3.65. The first-order valence-electron chi connectivity index (χ1n) is 9.95. The van der Waals surface area contributed by atoms with Crippen LogP contribution in [0.15, 0.2) is 60.2 Å². The van der Waals surface area contributed by atoms with Crippen LogP contribution in [-0.4, -0.2) is 38.2 Å². The van der Waals surface area contributed by atoms with E-state index in [9.17, 15) is 9.59 Å². The van der Waals surface area contributed by atoms with E-state index >= 15 is 0 Å². The summed E-state index contributed by atoms with van der Waals surface area (Å²) in [6.45, 7) is 4.02. The van der Waals surface area contributed by atoms with Crippen molar-refractivity contribution in [3.63, 3.8) is 0 Å². The minimum Gasteiger partial charge on any atom is -0.469 e. The zero-order valence-electron chi connectivity index (χ0n) is 17.8. The lowest BCUT2D eigenvalue weighted by atomic mass is 9.81. The molecule has 3 atom stereocenters. The Balaban J connectivity index is 1.93. The summed E-state index contributed by atoms with van der Waals surface area (Å²) >= 11 is 0. The molecule has 30 heavy (non-hydrogen) atoms. The van der Waals surface area contributed by atoms with Gasteiger partial charge in [0.05, 0.1) is 37.8 Å². The number of nitrogens with one attached hydrogen (secondary N) is 2. The van der Waals surface area contributed by atoms with Gasteiger partial charge < -0.3 is 20.1 Å². The topological polar surface area (TPSA) is 76.7 Å². The molecule has 1 aliphatic carbocycles. The molecule has 0 aromatic heterocycles. The van der Waals surface area contributed by atoms with E-state index in [4.69, 9.17) is 9.47 Å². The van der Waals surface area contributed by atoms with Gasteiger partial charge in [-0.25, -0.2) is 4.79 Å². The summed E-state index contributed by atoms with van der Waals surface area (Å²) in [4.78, 5) is 25.1. The summed E-state index contributed by atoms with van der Waals surface area (Å²) in [5, 5.41) is 6.73. The first-order valence-corrected chi connectivity index (χ1v) is 9.95. The van der Waals surface area contributed by atoms with Crippen LogP contribution in [-0.2, 0) is 19.1 Å². The molecule has 6 heteroatoms. The first kappa shape index (κ1) is 21.4. The summed E-state index contributed by atoms with van der Waals surface area (Å²) in [6.07, 6.45) is 2.17. The highest BCUT2D eigenvalue weighted by atomic mass is 16.5. The van der Waals surface area contributed by atoms with Crippen molar-refractivity contribution in [1.82, 2.24) is 0 Å². The molecule has 0 spiro atoms. The first-order chi connectivity index (χ1) is 14.4. The Morgan fingerprint density at radius 1 is 0.833 bits per heavy atom. The number of rotatable bonds is 6. The summed E-state index contributed by atoms with van der Waals surface area (Å²) in [6, 6.07) is 15.0. The van der Waals surface area contributed by atoms with E-state index < -0.39 is 17.9 Å². The molecule has 2 aromatic carbocycles. The van der Waals surface area contributed by atoms with Crippen LogP contribution in [0.1, 0.15) is 17.5 Å². The second kappa shape index (κ2) is 9.48. The van der Waals surface area contributed by atoms with Gasteiger partial charge in [-0.15, -0.1) is 0 Å². The third kappa shape index (κ3) is 5.00. The molecule has 0 fully saturated rings. The average Bonchev–Trinajstić information content (AvgIpc) is 2.76. The Bertz CT molecular complexity index is 919. The van der Waals surface area contributed by atoms with Crippen molar-refractivity contribution in [1.29, 1.82) is 0 Å². The molecule has 0 bridgehead atoms. The smallest absolute Gasteiger partial charge is 0.335 e. The highest BCUT2D eigenvalue weighted by Gasteiger charge is 2.39. The maximum absolute atomic E-state index is 12.6. The van der Waals surface area contributed by atoms with Crippen molar-refractivity contribution >= 4 is 23.3 Å². The van der Waals surface area contributed by atoms with Crippen LogP contribution in [0.25, 0.3) is 0 Å². The molecule has 3 unspecified atom stereocenters. The summed E-state index contributed by atoms with van der Waals surface area (Å²) in [5.41, 5.74) is 4.51. The van der Waals surface area contributed by atoms with Crippen molar-refractivity contribution in [2.45, 2.75) is 32.4 Å². The highest BCUT2D eigenvalue weighted by Crippen LogP contribution is 2.31. The number of anilines is 2. The van der Waals surface area contributed by atoms with Gasteiger partial charge in [-0.05, 0) is 50.6 Å².